The van der Waals surface area contributed by atoms with E-state index in [2.05, 4.69) is 4.74 Å². The molecule has 0 aliphatic carbocycles. The molecule has 0 saturated heterocycles. The highest BCUT2D eigenvalue weighted by molar-refractivity contribution is 7.90. The lowest BCUT2D eigenvalue weighted by Crippen LogP contribution is -2.34. The second-order valence-corrected chi connectivity index (χ2v) is 8.17. The molecule has 0 bridgehead atoms. The number of imide groups is 1. The minimum absolute atomic E-state index is 0.0215. The molecule has 0 aliphatic heterocycles. The standard InChI is InChI=1S/C18H14ClF2NO7S/c1-30(26,27)14-8-11(4-7-13(14)19)17(25)28-9-15(23)22-16(24)10-2-5-12(6-3-10)29-18(20)21/h2-8,18H,9H2,1H3,(H,22,23,24). The van der Waals surface area contributed by atoms with E-state index in [0.717, 1.165) is 36.6 Å². The SMILES string of the molecule is CS(=O)(=O)c1cc(C(=O)OCC(=O)NC(=O)c2ccc(OC(F)F)cc2)ccc1Cl. The van der Waals surface area contributed by atoms with Crippen molar-refractivity contribution in [1.82, 2.24) is 5.32 Å². The molecule has 0 saturated carbocycles. The summed E-state index contributed by atoms with van der Waals surface area (Å²) in [5, 5.41) is 1.87. The zero-order valence-electron chi connectivity index (χ0n) is 15.2. The first-order valence-electron chi connectivity index (χ1n) is 8.03. The van der Waals surface area contributed by atoms with E-state index in [0.29, 0.717) is 0 Å². The summed E-state index contributed by atoms with van der Waals surface area (Å²) in [5.41, 5.74) is -0.180. The minimum atomic E-state index is -3.69. The Morgan fingerprint density at radius 2 is 1.67 bits per heavy atom. The first-order valence-corrected chi connectivity index (χ1v) is 10.3. The predicted molar refractivity (Wildman–Crippen MR) is 100 cm³/mol. The fourth-order valence-electron chi connectivity index (χ4n) is 2.15. The molecule has 2 amide bonds. The number of esters is 1. The Kier molecular flexibility index (Phi) is 7.46. The van der Waals surface area contributed by atoms with Gasteiger partial charge < -0.3 is 9.47 Å². The zero-order valence-corrected chi connectivity index (χ0v) is 16.8. The van der Waals surface area contributed by atoms with E-state index in [4.69, 9.17) is 16.3 Å². The number of sulfone groups is 1. The van der Waals surface area contributed by atoms with Crippen LogP contribution < -0.4 is 10.1 Å². The van der Waals surface area contributed by atoms with Crippen molar-refractivity contribution in [1.29, 1.82) is 0 Å². The minimum Gasteiger partial charge on any atom is -0.452 e. The van der Waals surface area contributed by atoms with Gasteiger partial charge in [-0.3, -0.25) is 14.9 Å². The molecule has 0 aliphatic rings. The van der Waals surface area contributed by atoms with Crippen LogP contribution in [0, 0.1) is 0 Å². The number of carbonyl (C=O) groups is 3. The molecule has 0 spiro atoms. The molecule has 8 nitrogen and oxygen atoms in total. The Hall–Kier alpha value is -3.05. The summed E-state index contributed by atoms with van der Waals surface area (Å²) in [6, 6.07) is 7.97. The van der Waals surface area contributed by atoms with Gasteiger partial charge in [-0.2, -0.15) is 8.78 Å². The molecular weight excluding hydrogens is 448 g/mol. The third-order valence-corrected chi connectivity index (χ3v) is 5.07. The number of ether oxygens (including phenoxy) is 2. The number of hydrogen-bond acceptors (Lipinski definition) is 7. The van der Waals surface area contributed by atoms with Gasteiger partial charge in [0.2, 0.25) is 0 Å². The van der Waals surface area contributed by atoms with Gasteiger partial charge in [-0.15, -0.1) is 0 Å². The van der Waals surface area contributed by atoms with Gasteiger partial charge in [-0.25, -0.2) is 13.2 Å². The maximum atomic E-state index is 12.1. The van der Waals surface area contributed by atoms with Crippen LogP contribution in [-0.4, -0.2) is 45.7 Å². The van der Waals surface area contributed by atoms with Crippen molar-refractivity contribution >= 4 is 39.2 Å². The van der Waals surface area contributed by atoms with Crippen LogP contribution >= 0.6 is 11.6 Å². The Morgan fingerprint density at radius 3 is 2.23 bits per heavy atom. The van der Waals surface area contributed by atoms with E-state index in [-0.39, 0.29) is 26.8 Å². The smallest absolute Gasteiger partial charge is 0.387 e. The quantitative estimate of drug-likeness (QED) is 0.629. The Balaban J connectivity index is 1.94. The van der Waals surface area contributed by atoms with Crippen LogP contribution in [-0.2, 0) is 19.4 Å². The molecule has 12 heteroatoms. The molecule has 0 heterocycles. The summed E-state index contributed by atoms with van der Waals surface area (Å²) >= 11 is 5.79. The van der Waals surface area contributed by atoms with Crippen molar-refractivity contribution < 1.29 is 41.1 Å². The largest absolute Gasteiger partial charge is 0.452 e. The Bertz CT molecular complexity index is 1070. The van der Waals surface area contributed by atoms with Crippen LogP contribution in [0.25, 0.3) is 0 Å². The second-order valence-electron chi connectivity index (χ2n) is 5.77. The van der Waals surface area contributed by atoms with E-state index in [1.807, 2.05) is 5.32 Å². The van der Waals surface area contributed by atoms with Gasteiger partial charge in [0.15, 0.2) is 16.4 Å². The lowest BCUT2D eigenvalue weighted by molar-refractivity contribution is -0.123. The molecule has 2 aromatic carbocycles. The van der Waals surface area contributed by atoms with E-state index >= 15 is 0 Å². The summed E-state index contributed by atoms with van der Waals surface area (Å²) < 4.78 is 56.4. The molecule has 0 unspecified atom stereocenters. The number of alkyl halides is 2. The van der Waals surface area contributed by atoms with Gasteiger partial charge in [0.05, 0.1) is 15.5 Å². The lowest BCUT2D eigenvalue weighted by Gasteiger charge is -2.08. The van der Waals surface area contributed by atoms with E-state index in [1.165, 1.54) is 12.1 Å². The van der Waals surface area contributed by atoms with E-state index in [1.54, 1.807) is 0 Å². The van der Waals surface area contributed by atoms with Crippen LogP contribution in [0.1, 0.15) is 20.7 Å². The third-order valence-electron chi connectivity index (χ3n) is 3.50. The highest BCUT2D eigenvalue weighted by Crippen LogP contribution is 2.23. The molecule has 30 heavy (non-hydrogen) atoms. The normalized spacial score (nSPS) is 11.1. The van der Waals surface area contributed by atoms with Gasteiger partial charge >= 0.3 is 12.6 Å². The van der Waals surface area contributed by atoms with Gasteiger partial charge in [-0.1, -0.05) is 11.6 Å². The number of rotatable bonds is 7. The van der Waals surface area contributed by atoms with Crippen LogP contribution in [0.15, 0.2) is 47.4 Å². The molecule has 2 aromatic rings. The number of amides is 2. The number of halogens is 3. The second kappa shape index (κ2) is 9.63. The average molecular weight is 462 g/mol. The topological polar surface area (TPSA) is 116 Å². The highest BCUT2D eigenvalue weighted by Gasteiger charge is 2.18. The van der Waals surface area contributed by atoms with Crippen molar-refractivity contribution in [3.63, 3.8) is 0 Å². The van der Waals surface area contributed by atoms with E-state index in [9.17, 15) is 31.6 Å². The molecule has 0 radical (unpaired) electrons. The summed E-state index contributed by atoms with van der Waals surface area (Å²) in [5.74, 6) is -2.99. The summed E-state index contributed by atoms with van der Waals surface area (Å²) in [7, 11) is -3.69. The van der Waals surface area contributed by atoms with Crippen molar-refractivity contribution in [3.05, 3.63) is 58.6 Å². The molecule has 0 fully saturated rings. The molecule has 0 atom stereocenters. The first kappa shape index (κ1) is 23.2. The average Bonchev–Trinajstić information content (AvgIpc) is 2.65. The summed E-state index contributed by atoms with van der Waals surface area (Å²) in [4.78, 5) is 35.5. The lowest BCUT2D eigenvalue weighted by atomic mass is 10.2. The number of benzene rings is 2. The molecule has 1 N–H and O–H groups in total. The fourth-order valence-corrected chi connectivity index (χ4v) is 3.45. The summed E-state index contributed by atoms with van der Waals surface area (Å²) in [6.07, 6.45) is 0.911. The highest BCUT2D eigenvalue weighted by atomic mass is 35.5. The monoisotopic (exact) mass is 461 g/mol. The molecule has 0 aromatic heterocycles. The van der Waals surface area contributed by atoms with Gasteiger partial charge in [-0.05, 0) is 42.5 Å². The van der Waals surface area contributed by atoms with Gasteiger partial charge in [0.25, 0.3) is 11.8 Å². The maximum Gasteiger partial charge on any atom is 0.387 e. The Morgan fingerprint density at radius 1 is 1.07 bits per heavy atom. The van der Waals surface area contributed by atoms with Crippen molar-refractivity contribution in [2.24, 2.45) is 0 Å². The number of carbonyl (C=O) groups excluding carboxylic acids is 3. The van der Waals surface area contributed by atoms with Crippen molar-refractivity contribution in [2.45, 2.75) is 11.5 Å². The number of hydrogen-bond donors (Lipinski definition) is 1. The predicted octanol–water partition coefficient (Wildman–Crippen LogP) is 2.46. The zero-order chi connectivity index (χ0) is 22.5. The third kappa shape index (κ3) is 6.49. The summed E-state index contributed by atoms with van der Waals surface area (Å²) in [6.45, 7) is -3.84. The van der Waals surface area contributed by atoms with Crippen molar-refractivity contribution in [2.75, 3.05) is 12.9 Å². The number of nitrogens with one attached hydrogen (secondary N) is 1. The van der Waals surface area contributed by atoms with Crippen LogP contribution in [0.4, 0.5) is 8.78 Å². The first-order chi connectivity index (χ1) is 14.0. The molecule has 2 rings (SSSR count). The van der Waals surface area contributed by atoms with Crippen LogP contribution in [0.5, 0.6) is 5.75 Å². The van der Waals surface area contributed by atoms with Gasteiger partial charge in [0, 0.05) is 11.8 Å². The fraction of sp³-hybridized carbons (Fsp3) is 0.167. The maximum absolute atomic E-state index is 12.1. The van der Waals surface area contributed by atoms with Gasteiger partial charge in [0.1, 0.15) is 5.75 Å². The molecule has 160 valence electrons. The van der Waals surface area contributed by atoms with Crippen LogP contribution in [0.2, 0.25) is 5.02 Å². The van der Waals surface area contributed by atoms with E-state index < -0.39 is 40.8 Å². The molecular formula is C18H14ClF2NO7S. The van der Waals surface area contributed by atoms with Crippen molar-refractivity contribution in [3.8, 4) is 5.75 Å². The Labute approximate surface area is 174 Å². The van der Waals surface area contributed by atoms with Crippen LogP contribution in [0.3, 0.4) is 0 Å².